The number of rotatable bonds is 8. The molecule has 7 heteroatoms. The molecule has 0 amide bonds. The Labute approximate surface area is 218 Å². The maximum Gasteiger partial charge on any atom is 0.206 e. The maximum absolute atomic E-state index is 16.5. The Hall–Kier alpha value is -2.93. The summed E-state index contributed by atoms with van der Waals surface area (Å²) in [6, 6.07) is 13.7. The van der Waals surface area contributed by atoms with Gasteiger partial charge in [0.1, 0.15) is 5.71 Å². The Kier molecular flexibility index (Phi) is 8.62. The Morgan fingerprint density at radius 2 is 1.89 bits per heavy atom. The van der Waals surface area contributed by atoms with E-state index in [9.17, 15) is 0 Å². The van der Waals surface area contributed by atoms with E-state index in [1.165, 1.54) is 0 Å². The number of piperazine rings is 1. The third kappa shape index (κ3) is 5.89. The van der Waals surface area contributed by atoms with Crippen molar-refractivity contribution in [3.8, 4) is 0 Å². The van der Waals surface area contributed by atoms with Gasteiger partial charge in [0.05, 0.1) is 11.6 Å². The van der Waals surface area contributed by atoms with Gasteiger partial charge in [-0.05, 0) is 56.4 Å². The van der Waals surface area contributed by atoms with Gasteiger partial charge in [0.25, 0.3) is 0 Å². The van der Waals surface area contributed by atoms with Crippen molar-refractivity contribution >= 4 is 33.7 Å². The van der Waals surface area contributed by atoms with Crippen LogP contribution in [0.15, 0.2) is 88.1 Å². The number of nitrogens with one attached hydrogen (secondary N) is 1. The maximum atomic E-state index is 16.5. The molecule has 190 valence electrons. The standard InChI is InChI=1S/C29H34ClFN4O/c1-20(35-16-13-32-14-17-35)25-19-26(30)27(24-12-7-10-22-9-5-6-11-23(22)24)28(31)29(25)33-21(2)36-18-8-15-34(3)4/h5-7,9-12,19,32H,2,8,13-18H2,1,3-4H3/b25-20+,33-29+. The van der Waals surface area contributed by atoms with E-state index in [0.29, 0.717) is 22.8 Å². The second-order valence-electron chi connectivity index (χ2n) is 9.30. The summed E-state index contributed by atoms with van der Waals surface area (Å²) in [6.45, 7) is 10.7. The van der Waals surface area contributed by atoms with E-state index in [1.807, 2.05) is 69.6 Å². The van der Waals surface area contributed by atoms with Crippen molar-refractivity contribution in [2.24, 2.45) is 4.99 Å². The summed E-state index contributed by atoms with van der Waals surface area (Å²) in [5.74, 6) is -0.283. The van der Waals surface area contributed by atoms with Crippen LogP contribution in [0.2, 0.25) is 0 Å². The number of hydrogen-bond donors (Lipinski definition) is 1. The van der Waals surface area contributed by atoms with Crippen LogP contribution in [0.4, 0.5) is 4.39 Å². The van der Waals surface area contributed by atoms with Crippen molar-refractivity contribution in [1.29, 1.82) is 0 Å². The first-order valence-corrected chi connectivity index (χ1v) is 12.7. The van der Waals surface area contributed by atoms with Crippen LogP contribution < -0.4 is 5.32 Å². The average Bonchev–Trinajstić information content (AvgIpc) is 2.88. The highest BCUT2D eigenvalue weighted by atomic mass is 35.5. The minimum Gasteiger partial charge on any atom is -0.478 e. The number of benzene rings is 2. The Bertz CT molecular complexity index is 1250. The zero-order valence-electron chi connectivity index (χ0n) is 21.3. The highest BCUT2D eigenvalue weighted by Crippen LogP contribution is 2.41. The van der Waals surface area contributed by atoms with Crippen LogP contribution in [0.3, 0.4) is 0 Å². The van der Waals surface area contributed by atoms with Crippen LogP contribution in [-0.4, -0.2) is 68.9 Å². The summed E-state index contributed by atoms with van der Waals surface area (Å²) in [4.78, 5) is 8.89. The fourth-order valence-electron chi connectivity index (χ4n) is 4.58. The van der Waals surface area contributed by atoms with Gasteiger partial charge in [-0.15, -0.1) is 0 Å². The molecule has 4 rings (SSSR count). The first-order valence-electron chi connectivity index (χ1n) is 12.3. The van der Waals surface area contributed by atoms with Gasteiger partial charge in [-0.2, -0.15) is 0 Å². The van der Waals surface area contributed by atoms with Crippen LogP contribution >= 0.6 is 11.6 Å². The highest BCUT2D eigenvalue weighted by Gasteiger charge is 2.29. The molecule has 1 aliphatic heterocycles. The smallest absolute Gasteiger partial charge is 0.206 e. The van der Waals surface area contributed by atoms with Gasteiger partial charge in [-0.3, -0.25) is 0 Å². The van der Waals surface area contributed by atoms with E-state index in [-0.39, 0.29) is 11.6 Å². The van der Waals surface area contributed by atoms with Crippen molar-refractivity contribution < 1.29 is 9.13 Å². The number of hydrogen-bond acceptors (Lipinski definition) is 5. The average molecular weight is 509 g/mol. The van der Waals surface area contributed by atoms with Crippen LogP contribution in [0.1, 0.15) is 18.9 Å². The number of halogens is 2. The van der Waals surface area contributed by atoms with Gasteiger partial charge in [0.2, 0.25) is 5.88 Å². The second-order valence-corrected chi connectivity index (χ2v) is 9.71. The lowest BCUT2D eigenvalue weighted by molar-refractivity contribution is 0.196. The predicted molar refractivity (Wildman–Crippen MR) is 149 cm³/mol. The number of aliphatic imine (C=N–C) groups is 1. The van der Waals surface area contributed by atoms with Crippen LogP contribution in [0, 0.1) is 0 Å². The second kappa shape index (κ2) is 11.9. The van der Waals surface area contributed by atoms with Crippen LogP contribution in [0.5, 0.6) is 0 Å². The van der Waals surface area contributed by atoms with Gasteiger partial charge in [0, 0.05) is 49.6 Å². The molecule has 2 aliphatic rings. The van der Waals surface area contributed by atoms with Gasteiger partial charge >= 0.3 is 0 Å². The van der Waals surface area contributed by atoms with E-state index >= 15 is 4.39 Å². The molecule has 5 nitrogen and oxygen atoms in total. The normalized spacial score (nSPS) is 19.2. The van der Waals surface area contributed by atoms with E-state index in [0.717, 1.165) is 61.2 Å². The molecule has 0 saturated carbocycles. The van der Waals surface area contributed by atoms with Crippen molar-refractivity contribution in [2.45, 2.75) is 13.3 Å². The van der Waals surface area contributed by atoms with Crippen LogP contribution in [-0.2, 0) is 4.74 Å². The summed E-state index contributed by atoms with van der Waals surface area (Å²) in [7, 11) is 4.02. The third-order valence-corrected chi connectivity index (χ3v) is 6.79. The van der Waals surface area contributed by atoms with E-state index in [1.54, 1.807) is 0 Å². The molecular weight excluding hydrogens is 475 g/mol. The first-order chi connectivity index (χ1) is 17.4. The summed E-state index contributed by atoms with van der Waals surface area (Å²) >= 11 is 6.81. The minimum atomic E-state index is -0.471. The molecule has 0 aromatic heterocycles. The quantitative estimate of drug-likeness (QED) is 0.366. The number of nitrogens with zero attached hydrogens (tertiary/aromatic N) is 3. The van der Waals surface area contributed by atoms with Crippen molar-refractivity contribution in [3.05, 3.63) is 88.7 Å². The van der Waals surface area contributed by atoms with Gasteiger partial charge < -0.3 is 19.9 Å². The van der Waals surface area contributed by atoms with Crippen LogP contribution in [0.25, 0.3) is 16.3 Å². The molecule has 36 heavy (non-hydrogen) atoms. The summed E-state index contributed by atoms with van der Waals surface area (Å²) in [5.41, 5.74) is 2.86. The lowest BCUT2D eigenvalue weighted by Crippen LogP contribution is -2.43. The van der Waals surface area contributed by atoms with Gasteiger partial charge in [-0.25, -0.2) is 9.38 Å². The largest absolute Gasteiger partial charge is 0.478 e. The molecule has 1 N–H and O–H groups in total. The van der Waals surface area contributed by atoms with E-state index in [4.69, 9.17) is 16.3 Å². The van der Waals surface area contributed by atoms with Gasteiger partial charge in [0.15, 0.2) is 5.83 Å². The molecule has 2 aromatic rings. The van der Waals surface area contributed by atoms with E-state index in [2.05, 4.69) is 26.7 Å². The molecular formula is C29H34ClFN4O. The lowest BCUT2D eigenvalue weighted by atomic mass is 9.90. The fraction of sp³-hybridized carbons (Fsp3) is 0.345. The first kappa shape index (κ1) is 26.1. The highest BCUT2D eigenvalue weighted by molar-refractivity contribution is 6.41. The fourth-order valence-corrected chi connectivity index (χ4v) is 4.88. The molecule has 0 radical (unpaired) electrons. The summed E-state index contributed by atoms with van der Waals surface area (Å²) in [5, 5.41) is 5.66. The Morgan fingerprint density at radius 3 is 2.64 bits per heavy atom. The number of fused-ring (bicyclic) bond motifs is 1. The minimum absolute atomic E-state index is 0.188. The van der Waals surface area contributed by atoms with E-state index < -0.39 is 5.83 Å². The molecule has 1 aliphatic carbocycles. The lowest BCUT2D eigenvalue weighted by Gasteiger charge is -2.32. The predicted octanol–water partition coefficient (Wildman–Crippen LogP) is 5.72. The molecule has 0 spiro atoms. The summed E-state index contributed by atoms with van der Waals surface area (Å²) in [6.07, 6.45) is 2.65. The molecule has 0 atom stereocenters. The van der Waals surface area contributed by atoms with Crippen molar-refractivity contribution in [3.63, 3.8) is 0 Å². The molecule has 1 saturated heterocycles. The monoisotopic (exact) mass is 508 g/mol. The Morgan fingerprint density at radius 1 is 1.17 bits per heavy atom. The summed E-state index contributed by atoms with van der Waals surface area (Å²) < 4.78 is 22.2. The number of ether oxygens (including phenoxy) is 1. The molecule has 0 unspecified atom stereocenters. The molecule has 2 aromatic carbocycles. The third-order valence-electron chi connectivity index (χ3n) is 6.49. The molecule has 1 fully saturated rings. The molecule has 0 bridgehead atoms. The van der Waals surface area contributed by atoms with Crippen molar-refractivity contribution in [1.82, 2.24) is 15.1 Å². The SMILES string of the molecule is C=C(/N=C1/C(F)=C(c2cccc3ccccc23)C(Cl)=C/C1=C(/C)N1CCNCC1)OCCCN(C)C. The topological polar surface area (TPSA) is 40.1 Å². The van der Waals surface area contributed by atoms with Gasteiger partial charge in [-0.1, -0.05) is 54.1 Å². The zero-order valence-corrected chi connectivity index (χ0v) is 22.0. The van der Waals surface area contributed by atoms with Crippen molar-refractivity contribution in [2.75, 3.05) is 53.4 Å². The number of allylic oxidation sites excluding steroid dienone is 6. The molecule has 1 heterocycles. The zero-order chi connectivity index (χ0) is 25.7. The Balaban J connectivity index is 1.78.